The number of carbonyl (C=O) groups is 1. The first-order valence-electron chi connectivity index (χ1n) is 11.1. The summed E-state index contributed by atoms with van der Waals surface area (Å²) < 4.78 is 33.4. The van der Waals surface area contributed by atoms with Gasteiger partial charge < -0.3 is 10.1 Å². The standard InChI is InChI=1S/C24H24Cl2F2N4O2/c1-32-22-19(29-24(32)30-21-17(25)11-15(28)12-18(21)26)13-16(23(31-22)34-10-9-27)20(33)8-7-14-5-3-2-4-6-14/h7-8,11-14H,2-6,9-10H2,1H3,(H,29,30). The van der Waals surface area contributed by atoms with Crippen molar-refractivity contribution in [2.24, 2.45) is 13.0 Å². The highest BCUT2D eigenvalue weighted by Crippen LogP contribution is 2.35. The number of allylic oxidation sites excluding steroid dienone is 2. The number of imidazole rings is 1. The molecule has 34 heavy (non-hydrogen) atoms. The molecule has 1 fully saturated rings. The average Bonchev–Trinajstić information content (AvgIpc) is 3.12. The number of benzene rings is 1. The number of hydrogen-bond acceptors (Lipinski definition) is 5. The molecule has 2 heterocycles. The van der Waals surface area contributed by atoms with Gasteiger partial charge in [-0.2, -0.15) is 4.98 Å². The molecule has 0 radical (unpaired) electrons. The van der Waals surface area contributed by atoms with Gasteiger partial charge in [-0.3, -0.25) is 9.36 Å². The fraction of sp³-hybridized carbons (Fsp3) is 0.375. The van der Waals surface area contributed by atoms with Gasteiger partial charge in [0, 0.05) is 7.05 Å². The van der Waals surface area contributed by atoms with Crippen LogP contribution >= 0.6 is 23.2 Å². The van der Waals surface area contributed by atoms with Crippen molar-refractivity contribution >= 4 is 51.8 Å². The Morgan fingerprint density at radius 3 is 2.59 bits per heavy atom. The van der Waals surface area contributed by atoms with Crippen molar-refractivity contribution in [3.63, 3.8) is 0 Å². The number of alkyl halides is 1. The smallest absolute Gasteiger partial charge is 0.226 e. The zero-order valence-electron chi connectivity index (χ0n) is 18.6. The van der Waals surface area contributed by atoms with Crippen LogP contribution in [0.15, 0.2) is 30.4 Å². The number of pyridine rings is 1. The summed E-state index contributed by atoms with van der Waals surface area (Å²) in [5.74, 6) is -0.113. The second-order valence-corrected chi connectivity index (χ2v) is 9.02. The highest BCUT2D eigenvalue weighted by Gasteiger charge is 2.20. The maximum atomic E-state index is 13.5. The van der Waals surface area contributed by atoms with Gasteiger partial charge in [0.1, 0.15) is 24.6 Å². The van der Waals surface area contributed by atoms with Gasteiger partial charge in [-0.25, -0.2) is 13.8 Å². The molecular weight excluding hydrogens is 485 g/mol. The van der Waals surface area contributed by atoms with Gasteiger partial charge in [0.25, 0.3) is 0 Å². The minimum absolute atomic E-state index is 0.0378. The normalized spacial score (nSPS) is 14.7. The van der Waals surface area contributed by atoms with E-state index < -0.39 is 12.5 Å². The minimum Gasteiger partial charge on any atom is -0.474 e. The Hall–Kier alpha value is -2.71. The van der Waals surface area contributed by atoms with Gasteiger partial charge in [0.2, 0.25) is 11.8 Å². The van der Waals surface area contributed by atoms with Crippen LogP contribution in [0.5, 0.6) is 5.88 Å². The van der Waals surface area contributed by atoms with Crippen LogP contribution < -0.4 is 10.1 Å². The highest BCUT2D eigenvalue weighted by atomic mass is 35.5. The van der Waals surface area contributed by atoms with E-state index in [0.717, 1.165) is 37.8 Å². The fourth-order valence-electron chi connectivity index (χ4n) is 4.04. The van der Waals surface area contributed by atoms with Crippen LogP contribution in [-0.4, -0.2) is 33.6 Å². The molecule has 4 rings (SSSR count). The third-order valence-corrected chi connectivity index (χ3v) is 6.40. The average molecular weight is 509 g/mol. The third kappa shape index (κ3) is 5.33. The van der Waals surface area contributed by atoms with Gasteiger partial charge in [-0.05, 0) is 43.0 Å². The van der Waals surface area contributed by atoms with E-state index in [1.165, 1.54) is 6.42 Å². The van der Waals surface area contributed by atoms with Crippen LogP contribution in [-0.2, 0) is 7.05 Å². The summed E-state index contributed by atoms with van der Waals surface area (Å²) in [7, 11) is 1.69. The Morgan fingerprint density at radius 2 is 1.91 bits per heavy atom. The topological polar surface area (TPSA) is 69.0 Å². The second kappa shape index (κ2) is 10.7. The monoisotopic (exact) mass is 508 g/mol. The van der Waals surface area contributed by atoms with E-state index >= 15 is 0 Å². The lowest BCUT2D eigenvalue weighted by molar-refractivity contribution is 0.104. The predicted octanol–water partition coefficient (Wildman–Crippen LogP) is 6.83. The van der Waals surface area contributed by atoms with Gasteiger partial charge >= 0.3 is 0 Å². The number of hydrogen-bond donors (Lipinski definition) is 1. The molecule has 1 N–H and O–H groups in total. The number of anilines is 2. The summed E-state index contributed by atoms with van der Waals surface area (Å²) >= 11 is 12.3. The second-order valence-electron chi connectivity index (χ2n) is 8.21. The van der Waals surface area contributed by atoms with Crippen LogP contribution in [0.1, 0.15) is 42.5 Å². The van der Waals surface area contributed by atoms with E-state index in [0.29, 0.717) is 23.0 Å². The molecule has 1 aromatic carbocycles. The van der Waals surface area contributed by atoms with Crippen molar-refractivity contribution in [3.8, 4) is 5.88 Å². The third-order valence-electron chi connectivity index (χ3n) is 5.80. The molecule has 3 aromatic rings. The van der Waals surface area contributed by atoms with Crippen molar-refractivity contribution < 1.29 is 18.3 Å². The van der Waals surface area contributed by atoms with Crippen LogP contribution in [0, 0.1) is 11.7 Å². The molecule has 10 heteroatoms. The van der Waals surface area contributed by atoms with Gasteiger partial charge in [0.15, 0.2) is 11.4 Å². The Kier molecular flexibility index (Phi) is 7.68. The Bertz CT molecular complexity index is 1220. The van der Waals surface area contributed by atoms with Crippen LogP contribution in [0.3, 0.4) is 0 Å². The van der Waals surface area contributed by atoms with Crippen molar-refractivity contribution in [1.82, 2.24) is 14.5 Å². The molecule has 2 aromatic heterocycles. The first-order valence-corrected chi connectivity index (χ1v) is 11.8. The number of ether oxygens (including phenoxy) is 1. The quantitative estimate of drug-likeness (QED) is 0.267. The lowest BCUT2D eigenvalue weighted by Gasteiger charge is -2.17. The van der Waals surface area contributed by atoms with E-state index in [2.05, 4.69) is 15.3 Å². The van der Waals surface area contributed by atoms with Crippen molar-refractivity contribution in [2.45, 2.75) is 32.1 Å². The van der Waals surface area contributed by atoms with E-state index in [9.17, 15) is 13.6 Å². The van der Waals surface area contributed by atoms with E-state index in [-0.39, 0.29) is 39.6 Å². The maximum Gasteiger partial charge on any atom is 0.226 e. The zero-order chi connectivity index (χ0) is 24.2. The Morgan fingerprint density at radius 1 is 1.21 bits per heavy atom. The molecular formula is C24H24Cl2F2N4O2. The number of nitrogens with zero attached hydrogens (tertiary/aromatic N) is 3. The highest BCUT2D eigenvalue weighted by molar-refractivity contribution is 6.39. The molecule has 1 aliphatic carbocycles. The minimum atomic E-state index is -0.717. The van der Waals surface area contributed by atoms with Gasteiger partial charge in [-0.15, -0.1) is 0 Å². The SMILES string of the molecule is Cn1c(Nc2c(Cl)cc(F)cc2Cl)nc2cc(C(=O)C=CC3CCCCC3)c(OCCF)nc21. The largest absolute Gasteiger partial charge is 0.474 e. The predicted molar refractivity (Wildman–Crippen MR) is 130 cm³/mol. The Balaban J connectivity index is 1.69. The van der Waals surface area contributed by atoms with E-state index in [1.807, 2.05) is 6.08 Å². The molecule has 1 aliphatic rings. The molecule has 6 nitrogen and oxygen atoms in total. The van der Waals surface area contributed by atoms with Crippen molar-refractivity contribution in [1.29, 1.82) is 0 Å². The van der Waals surface area contributed by atoms with Gasteiger partial charge in [-0.1, -0.05) is 48.5 Å². The number of nitrogens with one attached hydrogen (secondary N) is 1. The molecule has 0 spiro atoms. The number of rotatable bonds is 8. The number of aryl methyl sites for hydroxylation is 1. The summed E-state index contributed by atoms with van der Waals surface area (Å²) in [6, 6.07) is 3.84. The molecule has 180 valence electrons. The summed E-state index contributed by atoms with van der Waals surface area (Å²) in [4.78, 5) is 21.9. The molecule has 1 saturated carbocycles. The summed E-state index contributed by atoms with van der Waals surface area (Å²) in [5.41, 5.74) is 1.30. The van der Waals surface area contributed by atoms with E-state index in [4.69, 9.17) is 27.9 Å². The first kappa shape index (κ1) is 24.4. The number of carbonyl (C=O) groups excluding carboxylic acids is 1. The van der Waals surface area contributed by atoms with Crippen LogP contribution in [0.25, 0.3) is 11.2 Å². The summed E-state index contributed by atoms with van der Waals surface area (Å²) in [6.07, 6.45) is 9.16. The summed E-state index contributed by atoms with van der Waals surface area (Å²) in [5, 5.41) is 3.15. The molecule has 0 atom stereocenters. The summed E-state index contributed by atoms with van der Waals surface area (Å²) in [6.45, 7) is -0.945. The molecule has 0 saturated heterocycles. The molecule has 0 bridgehead atoms. The van der Waals surface area contributed by atoms with Gasteiger partial charge in [0.05, 0.1) is 21.3 Å². The van der Waals surface area contributed by atoms with E-state index in [1.54, 1.807) is 23.8 Å². The maximum absolute atomic E-state index is 13.5. The number of aromatic nitrogens is 3. The number of fused-ring (bicyclic) bond motifs is 1. The van der Waals surface area contributed by atoms with Crippen molar-refractivity contribution in [2.75, 3.05) is 18.6 Å². The number of halogens is 4. The lowest BCUT2D eigenvalue weighted by Crippen LogP contribution is -2.08. The fourth-order valence-corrected chi connectivity index (χ4v) is 4.60. The number of ketones is 1. The first-order chi connectivity index (χ1) is 16.4. The molecule has 0 unspecified atom stereocenters. The van der Waals surface area contributed by atoms with Crippen LogP contribution in [0.2, 0.25) is 10.0 Å². The molecule has 0 aliphatic heterocycles. The zero-order valence-corrected chi connectivity index (χ0v) is 20.1. The van der Waals surface area contributed by atoms with Crippen molar-refractivity contribution in [3.05, 3.63) is 51.8 Å². The Labute approximate surface area is 205 Å². The lowest BCUT2D eigenvalue weighted by atomic mass is 9.89. The van der Waals surface area contributed by atoms with Crippen LogP contribution in [0.4, 0.5) is 20.4 Å². The molecule has 0 amide bonds.